The molecule has 0 fully saturated rings. The van der Waals surface area contributed by atoms with Gasteiger partial charge in [-0.25, -0.2) is 9.78 Å². The molecule has 158 valence electrons. The van der Waals surface area contributed by atoms with E-state index in [9.17, 15) is 19.2 Å². The van der Waals surface area contributed by atoms with Gasteiger partial charge in [0, 0.05) is 25.1 Å². The molecule has 1 aromatic carbocycles. The monoisotopic (exact) mass is 493 g/mol. The quantitative estimate of drug-likeness (QED) is 0.324. The first-order valence-corrected chi connectivity index (χ1v) is 10.7. The average Bonchev–Trinajstić information content (AvgIpc) is 2.71. The van der Waals surface area contributed by atoms with E-state index in [1.807, 2.05) is 6.92 Å². The highest BCUT2D eigenvalue weighted by Crippen LogP contribution is 2.26. The lowest BCUT2D eigenvalue weighted by molar-refractivity contribution is 0.0992. The van der Waals surface area contributed by atoms with E-state index >= 15 is 0 Å². The third-order valence-corrected chi connectivity index (χ3v) is 6.39. The number of benzene rings is 1. The maximum Gasteiger partial charge on any atom is 0.332 e. The van der Waals surface area contributed by atoms with Crippen molar-refractivity contribution in [3.63, 3.8) is 0 Å². The number of ketones is 1. The largest absolute Gasteiger partial charge is 0.384 e. The van der Waals surface area contributed by atoms with E-state index in [0.29, 0.717) is 22.6 Å². The fraction of sp³-hybridized carbons (Fsp3) is 0.316. The Bertz CT molecular complexity index is 1360. The fourth-order valence-corrected chi connectivity index (χ4v) is 4.44. The van der Waals surface area contributed by atoms with Gasteiger partial charge in [0.15, 0.2) is 10.9 Å². The molecule has 9 nitrogen and oxygen atoms in total. The summed E-state index contributed by atoms with van der Waals surface area (Å²) in [7, 11) is 2.68. The van der Waals surface area contributed by atoms with Gasteiger partial charge < -0.3 is 5.73 Å². The molecular weight excluding hydrogens is 474 g/mol. The molecule has 2 N–H and O–H groups in total. The van der Waals surface area contributed by atoms with Crippen LogP contribution in [0.2, 0.25) is 0 Å². The normalized spacial score (nSPS) is 12.3. The molecule has 0 aliphatic heterocycles. The number of fused-ring (bicyclic) bond motifs is 1. The van der Waals surface area contributed by atoms with Gasteiger partial charge in [0.2, 0.25) is 0 Å². The van der Waals surface area contributed by atoms with Crippen LogP contribution in [-0.4, -0.2) is 29.7 Å². The summed E-state index contributed by atoms with van der Waals surface area (Å²) in [6.45, 7) is 3.78. The third kappa shape index (κ3) is 3.63. The topological polar surface area (TPSA) is 122 Å². The summed E-state index contributed by atoms with van der Waals surface area (Å²) in [4.78, 5) is 55.0. The van der Waals surface area contributed by atoms with Gasteiger partial charge in [-0.15, -0.1) is 0 Å². The number of hydrogen-bond acceptors (Lipinski definition) is 7. The van der Waals surface area contributed by atoms with Crippen molar-refractivity contribution in [2.75, 3.05) is 5.73 Å². The fourth-order valence-electron chi connectivity index (χ4n) is 3.05. The number of carbonyl (C=O) groups is 1. The highest BCUT2D eigenvalue weighted by Gasteiger charge is 2.27. The zero-order valence-electron chi connectivity index (χ0n) is 16.8. The lowest BCUT2D eigenvalue weighted by Crippen LogP contribution is -2.42. The van der Waals surface area contributed by atoms with Crippen LogP contribution in [0.25, 0.3) is 10.9 Å². The predicted octanol–water partition coefficient (Wildman–Crippen LogP) is 1.52. The van der Waals surface area contributed by atoms with Crippen molar-refractivity contribution in [3.8, 4) is 0 Å². The molecule has 3 rings (SSSR count). The van der Waals surface area contributed by atoms with Crippen molar-refractivity contribution in [3.05, 3.63) is 59.4 Å². The first kappa shape index (κ1) is 22.0. The summed E-state index contributed by atoms with van der Waals surface area (Å²) in [5.41, 5.74) is 4.56. The van der Waals surface area contributed by atoms with Crippen molar-refractivity contribution in [2.45, 2.75) is 30.8 Å². The van der Waals surface area contributed by atoms with E-state index in [-0.39, 0.29) is 16.9 Å². The van der Waals surface area contributed by atoms with Gasteiger partial charge >= 0.3 is 5.69 Å². The second kappa shape index (κ2) is 8.23. The SMILES string of the molecule is CCn1c(SC(C)C(=O)c2c(N)n(C)c(=O)n(C)c2=O)nc2ccc(Br)cc2c1=O. The van der Waals surface area contributed by atoms with Gasteiger partial charge in [-0.1, -0.05) is 27.7 Å². The van der Waals surface area contributed by atoms with Gasteiger partial charge in [-0.05, 0) is 32.0 Å². The first-order valence-electron chi connectivity index (χ1n) is 9.04. The molecule has 0 radical (unpaired) electrons. The Morgan fingerprint density at radius 3 is 2.50 bits per heavy atom. The highest BCUT2D eigenvalue weighted by molar-refractivity contribution is 9.10. The van der Waals surface area contributed by atoms with E-state index in [4.69, 9.17) is 5.73 Å². The number of rotatable bonds is 5. The standard InChI is InChI=1S/C19H20BrN5O4S/c1-5-25-16(27)11-8-10(20)6-7-12(11)22-18(25)30-9(2)14(26)13-15(21)23(3)19(29)24(4)17(13)28/h6-9H,5,21H2,1-4H3. The number of thioether (sulfide) groups is 1. The van der Waals surface area contributed by atoms with Gasteiger partial charge in [0.05, 0.1) is 16.2 Å². The third-order valence-electron chi connectivity index (χ3n) is 4.81. The average molecular weight is 494 g/mol. The minimum atomic E-state index is -0.768. The summed E-state index contributed by atoms with van der Waals surface area (Å²) >= 11 is 4.42. The molecular formula is C19H20BrN5O4S. The Balaban J connectivity index is 2.08. The highest BCUT2D eigenvalue weighted by atomic mass is 79.9. The minimum absolute atomic E-state index is 0.190. The van der Waals surface area contributed by atoms with Gasteiger partial charge in [0.1, 0.15) is 11.4 Å². The number of nitrogens with two attached hydrogens (primary N) is 1. The summed E-state index contributed by atoms with van der Waals surface area (Å²) in [5.74, 6) is -0.730. The smallest absolute Gasteiger partial charge is 0.332 e. The zero-order valence-corrected chi connectivity index (χ0v) is 19.2. The van der Waals surface area contributed by atoms with Crippen LogP contribution in [-0.2, 0) is 20.6 Å². The van der Waals surface area contributed by atoms with E-state index < -0.39 is 22.3 Å². The van der Waals surface area contributed by atoms with E-state index in [2.05, 4.69) is 20.9 Å². The Morgan fingerprint density at radius 2 is 1.87 bits per heavy atom. The number of nitrogens with zero attached hydrogens (tertiary/aromatic N) is 4. The van der Waals surface area contributed by atoms with Crippen molar-refractivity contribution in [2.24, 2.45) is 14.1 Å². The number of aromatic nitrogens is 4. The summed E-state index contributed by atoms with van der Waals surface area (Å²) in [5, 5.41) is 0.0548. The Hall–Kier alpha value is -2.66. The van der Waals surface area contributed by atoms with Crippen molar-refractivity contribution < 1.29 is 4.79 Å². The van der Waals surface area contributed by atoms with Crippen molar-refractivity contribution >= 4 is 50.2 Å². The van der Waals surface area contributed by atoms with Gasteiger partial charge in [-0.2, -0.15) is 0 Å². The predicted molar refractivity (Wildman–Crippen MR) is 120 cm³/mol. The molecule has 0 amide bonds. The van der Waals surface area contributed by atoms with Crippen LogP contribution in [0.15, 0.2) is 42.2 Å². The summed E-state index contributed by atoms with van der Waals surface area (Å²) < 4.78 is 4.14. The zero-order chi connectivity index (χ0) is 22.3. The number of halogens is 1. The first-order chi connectivity index (χ1) is 14.1. The molecule has 1 atom stereocenters. The van der Waals surface area contributed by atoms with Gasteiger partial charge in [-0.3, -0.25) is 28.1 Å². The second-order valence-corrected chi connectivity index (χ2v) is 8.92. The van der Waals surface area contributed by atoms with Crippen LogP contribution < -0.4 is 22.5 Å². The Kier molecular flexibility index (Phi) is 6.04. The van der Waals surface area contributed by atoms with Gasteiger partial charge in [0.25, 0.3) is 11.1 Å². The Morgan fingerprint density at radius 1 is 1.20 bits per heavy atom. The molecule has 30 heavy (non-hydrogen) atoms. The van der Waals surface area contributed by atoms with Crippen LogP contribution in [0, 0.1) is 0 Å². The van der Waals surface area contributed by atoms with Crippen LogP contribution in [0.1, 0.15) is 24.2 Å². The van der Waals surface area contributed by atoms with Crippen molar-refractivity contribution in [1.29, 1.82) is 0 Å². The number of hydrogen-bond donors (Lipinski definition) is 1. The number of carbonyl (C=O) groups excluding carboxylic acids is 1. The van der Waals surface area contributed by atoms with E-state index in [0.717, 1.165) is 25.4 Å². The minimum Gasteiger partial charge on any atom is -0.384 e. The number of nitrogen functional groups attached to an aromatic ring is 1. The van der Waals surface area contributed by atoms with Crippen LogP contribution in [0.3, 0.4) is 0 Å². The molecule has 0 saturated heterocycles. The molecule has 11 heteroatoms. The second-order valence-electron chi connectivity index (χ2n) is 6.70. The van der Waals surface area contributed by atoms with Crippen LogP contribution in [0.4, 0.5) is 5.82 Å². The van der Waals surface area contributed by atoms with Crippen LogP contribution >= 0.6 is 27.7 Å². The number of anilines is 1. The van der Waals surface area contributed by atoms with E-state index in [1.54, 1.807) is 25.1 Å². The molecule has 0 aliphatic carbocycles. The number of Topliss-reactive ketones (excluding diaryl/α,β-unsaturated/α-hetero) is 1. The molecule has 2 aromatic heterocycles. The molecule has 0 aliphatic rings. The molecule has 0 spiro atoms. The lowest BCUT2D eigenvalue weighted by atomic mass is 10.1. The lowest BCUT2D eigenvalue weighted by Gasteiger charge is -2.16. The van der Waals surface area contributed by atoms with Crippen molar-refractivity contribution in [1.82, 2.24) is 18.7 Å². The molecule has 3 aromatic rings. The summed E-state index contributed by atoms with van der Waals surface area (Å²) in [6, 6.07) is 5.20. The maximum atomic E-state index is 13.0. The van der Waals surface area contributed by atoms with E-state index in [1.165, 1.54) is 18.7 Å². The molecule has 0 saturated carbocycles. The molecule has 2 heterocycles. The summed E-state index contributed by atoms with van der Waals surface area (Å²) in [6.07, 6.45) is 0. The maximum absolute atomic E-state index is 13.0. The Labute approximate surface area is 183 Å². The van der Waals surface area contributed by atoms with Crippen LogP contribution in [0.5, 0.6) is 0 Å². The molecule has 0 bridgehead atoms. The molecule has 1 unspecified atom stereocenters.